The maximum atomic E-state index is 12.4. The molecule has 0 aliphatic rings. The Morgan fingerprint density at radius 3 is 1.48 bits per heavy atom. The van der Waals surface area contributed by atoms with Gasteiger partial charge in [-0.25, -0.2) is 0 Å². The van der Waals surface area contributed by atoms with E-state index in [9.17, 15) is 4.79 Å². The van der Waals surface area contributed by atoms with Crippen molar-refractivity contribution < 1.29 is 9.53 Å². The van der Waals surface area contributed by atoms with Crippen molar-refractivity contribution in [1.29, 1.82) is 0 Å². The predicted molar refractivity (Wildman–Crippen MR) is 114 cm³/mol. The Morgan fingerprint density at radius 1 is 0.667 bits per heavy atom. The van der Waals surface area contributed by atoms with Gasteiger partial charge in [-0.15, -0.1) is 0 Å². The molecule has 0 rings (SSSR count). The first kappa shape index (κ1) is 26.3. The van der Waals surface area contributed by atoms with Crippen LogP contribution in [-0.4, -0.2) is 139 Å². The van der Waals surface area contributed by atoms with Gasteiger partial charge in [0.05, 0.1) is 6.42 Å². The molecule has 0 saturated carbocycles. The molecule has 0 amide bonds. The van der Waals surface area contributed by atoms with E-state index in [0.717, 1.165) is 58.7 Å². The lowest BCUT2D eigenvalue weighted by atomic mass is 10.2. The van der Waals surface area contributed by atoms with E-state index in [0.29, 0.717) is 6.42 Å². The smallest absolute Gasteiger partial charge is 0.307 e. The molecule has 0 saturated heterocycles. The van der Waals surface area contributed by atoms with E-state index in [4.69, 9.17) is 4.74 Å². The molecule has 0 N–H and O–H groups in total. The van der Waals surface area contributed by atoms with Gasteiger partial charge in [-0.3, -0.25) is 4.79 Å². The highest BCUT2D eigenvalue weighted by Gasteiger charge is 2.17. The van der Waals surface area contributed by atoms with E-state index in [1.807, 2.05) is 28.2 Å². The van der Waals surface area contributed by atoms with Crippen LogP contribution in [0.25, 0.3) is 0 Å². The summed E-state index contributed by atoms with van der Waals surface area (Å²) in [6.07, 6.45) is 2.61. The second-order valence-electron chi connectivity index (χ2n) is 8.54. The summed E-state index contributed by atoms with van der Waals surface area (Å²) in [5.74, 6) is -0.0890. The molecular formula is C20H45N5O2. The first-order valence-corrected chi connectivity index (χ1v) is 10.1. The third-order valence-corrected chi connectivity index (χ3v) is 4.23. The van der Waals surface area contributed by atoms with E-state index in [1.165, 1.54) is 0 Å². The van der Waals surface area contributed by atoms with E-state index in [-0.39, 0.29) is 12.1 Å². The van der Waals surface area contributed by atoms with Crippen LogP contribution in [0.1, 0.15) is 19.3 Å². The van der Waals surface area contributed by atoms with Crippen LogP contribution in [0.5, 0.6) is 0 Å². The predicted octanol–water partition coefficient (Wildman–Crippen LogP) is 0.617. The van der Waals surface area contributed by atoms with Crippen molar-refractivity contribution in [3.8, 4) is 0 Å². The van der Waals surface area contributed by atoms with Gasteiger partial charge in [-0.2, -0.15) is 0 Å². The number of carbonyl (C=O) groups excluding carboxylic acids is 1. The molecule has 0 heterocycles. The Balaban J connectivity index is 4.45. The fourth-order valence-electron chi connectivity index (χ4n) is 3.00. The highest BCUT2D eigenvalue weighted by molar-refractivity contribution is 5.69. The summed E-state index contributed by atoms with van der Waals surface area (Å²) in [5, 5.41) is 0. The second-order valence-corrected chi connectivity index (χ2v) is 8.54. The average molecular weight is 388 g/mol. The van der Waals surface area contributed by atoms with E-state index >= 15 is 0 Å². The molecule has 0 unspecified atom stereocenters. The number of ether oxygens (including phenoxy) is 1. The van der Waals surface area contributed by atoms with Crippen LogP contribution in [0.3, 0.4) is 0 Å². The number of nitrogens with zero attached hydrogens (tertiary/aromatic N) is 5. The van der Waals surface area contributed by atoms with Crippen LogP contribution in [-0.2, 0) is 9.53 Å². The van der Waals surface area contributed by atoms with Crippen molar-refractivity contribution in [3.05, 3.63) is 0 Å². The lowest BCUT2D eigenvalue weighted by molar-refractivity contribution is -0.150. The standard InChI is InChI=1S/C20H45N5O2/c1-21(2)12-9-14-25(15-10-13-22(3)4)16-11-20(26)27-19(17-23(5)6)18-24(7)8/h19H,9-18H2,1-8H3. The normalized spacial score (nSPS) is 12.4. The van der Waals surface area contributed by atoms with Crippen LogP contribution >= 0.6 is 0 Å². The van der Waals surface area contributed by atoms with Crippen LogP contribution in [0, 0.1) is 0 Å². The lowest BCUT2D eigenvalue weighted by Crippen LogP contribution is -2.39. The lowest BCUT2D eigenvalue weighted by Gasteiger charge is -2.26. The average Bonchev–Trinajstić information content (AvgIpc) is 2.49. The summed E-state index contributed by atoms with van der Waals surface area (Å²) in [6, 6.07) is 0. The monoisotopic (exact) mass is 387 g/mol. The van der Waals surface area contributed by atoms with Crippen molar-refractivity contribution in [3.63, 3.8) is 0 Å². The minimum Gasteiger partial charge on any atom is -0.460 e. The topological polar surface area (TPSA) is 42.5 Å². The largest absolute Gasteiger partial charge is 0.460 e. The minimum absolute atomic E-state index is 0.0848. The molecule has 0 fully saturated rings. The molecule has 0 bridgehead atoms. The molecule has 0 aromatic carbocycles. The SMILES string of the molecule is CN(C)CCCN(CCCN(C)C)CCC(=O)OC(CN(C)C)CN(C)C. The third-order valence-electron chi connectivity index (χ3n) is 4.23. The second kappa shape index (κ2) is 15.2. The van der Waals surface area contributed by atoms with Crippen LogP contribution in [0.2, 0.25) is 0 Å². The highest BCUT2D eigenvalue weighted by atomic mass is 16.5. The number of likely N-dealkylation sites (N-methyl/N-ethyl adjacent to an activating group) is 2. The zero-order valence-electron chi connectivity index (χ0n) is 19.2. The Hall–Kier alpha value is -0.730. The molecule has 0 radical (unpaired) electrons. The van der Waals surface area contributed by atoms with Gasteiger partial charge in [-0.05, 0) is 95.4 Å². The van der Waals surface area contributed by atoms with E-state index in [2.05, 4.69) is 52.7 Å². The first-order valence-electron chi connectivity index (χ1n) is 10.1. The molecule has 0 spiro atoms. The number of hydrogen-bond donors (Lipinski definition) is 0. The quantitative estimate of drug-likeness (QED) is 0.360. The molecular weight excluding hydrogens is 342 g/mol. The van der Waals surface area contributed by atoms with Gasteiger partial charge in [-0.1, -0.05) is 0 Å². The molecule has 0 atom stereocenters. The summed E-state index contributed by atoms with van der Waals surface area (Å²) in [7, 11) is 16.4. The molecule has 162 valence electrons. The van der Waals surface area contributed by atoms with Gasteiger partial charge in [0.2, 0.25) is 0 Å². The van der Waals surface area contributed by atoms with E-state index < -0.39 is 0 Å². The molecule has 0 aliphatic heterocycles. The van der Waals surface area contributed by atoms with Crippen molar-refractivity contribution in [2.75, 3.05) is 102 Å². The summed E-state index contributed by atoms with van der Waals surface area (Å²) in [4.78, 5) is 23.3. The molecule has 0 aromatic rings. The van der Waals surface area contributed by atoms with Crippen molar-refractivity contribution in [1.82, 2.24) is 24.5 Å². The summed E-state index contributed by atoms with van der Waals surface area (Å²) in [5.41, 5.74) is 0. The Bertz CT molecular complexity index is 351. The number of carbonyl (C=O) groups is 1. The molecule has 7 nitrogen and oxygen atoms in total. The summed E-state index contributed by atoms with van der Waals surface area (Å²) < 4.78 is 5.74. The number of esters is 1. The number of hydrogen-bond acceptors (Lipinski definition) is 7. The number of rotatable bonds is 16. The van der Waals surface area contributed by atoms with Gasteiger partial charge in [0.25, 0.3) is 0 Å². The van der Waals surface area contributed by atoms with Crippen LogP contribution < -0.4 is 0 Å². The maximum Gasteiger partial charge on any atom is 0.307 e. The Morgan fingerprint density at radius 2 is 1.11 bits per heavy atom. The Kier molecular flexibility index (Phi) is 14.8. The molecule has 27 heavy (non-hydrogen) atoms. The van der Waals surface area contributed by atoms with Crippen molar-refractivity contribution in [2.45, 2.75) is 25.4 Å². The maximum absolute atomic E-state index is 12.4. The zero-order chi connectivity index (χ0) is 20.8. The summed E-state index contributed by atoms with van der Waals surface area (Å²) in [6.45, 7) is 6.47. The fourth-order valence-corrected chi connectivity index (χ4v) is 3.00. The molecule has 0 aliphatic carbocycles. The van der Waals surface area contributed by atoms with Gasteiger partial charge in [0.1, 0.15) is 6.10 Å². The van der Waals surface area contributed by atoms with Crippen molar-refractivity contribution in [2.24, 2.45) is 0 Å². The first-order chi connectivity index (χ1) is 12.6. The minimum atomic E-state index is -0.0890. The Labute approximate surface area is 168 Å². The van der Waals surface area contributed by atoms with Crippen molar-refractivity contribution >= 4 is 5.97 Å². The van der Waals surface area contributed by atoms with Gasteiger partial charge < -0.3 is 29.2 Å². The van der Waals surface area contributed by atoms with Gasteiger partial charge >= 0.3 is 5.97 Å². The van der Waals surface area contributed by atoms with Gasteiger partial charge in [0.15, 0.2) is 0 Å². The summed E-state index contributed by atoms with van der Waals surface area (Å²) >= 11 is 0. The van der Waals surface area contributed by atoms with Crippen LogP contribution in [0.4, 0.5) is 0 Å². The van der Waals surface area contributed by atoms with E-state index in [1.54, 1.807) is 0 Å². The zero-order valence-corrected chi connectivity index (χ0v) is 19.2. The highest BCUT2D eigenvalue weighted by Crippen LogP contribution is 2.03. The third kappa shape index (κ3) is 17.1. The van der Waals surface area contributed by atoms with Gasteiger partial charge in [0, 0.05) is 19.6 Å². The molecule has 0 aromatic heterocycles. The molecule has 7 heteroatoms. The fraction of sp³-hybridized carbons (Fsp3) is 0.950. The van der Waals surface area contributed by atoms with Crippen LogP contribution in [0.15, 0.2) is 0 Å².